The molecule has 0 spiro atoms. The second-order valence-electron chi connectivity index (χ2n) is 5.98. The van der Waals surface area contributed by atoms with Crippen LogP contribution < -0.4 is 5.32 Å². The average Bonchev–Trinajstić information content (AvgIpc) is 3.24. The van der Waals surface area contributed by atoms with Crippen molar-refractivity contribution in [3.05, 3.63) is 0 Å². The van der Waals surface area contributed by atoms with E-state index >= 15 is 0 Å². The van der Waals surface area contributed by atoms with E-state index in [1.807, 2.05) is 0 Å². The number of hydrogen-bond acceptors (Lipinski definition) is 5. The van der Waals surface area contributed by atoms with Crippen LogP contribution in [0.5, 0.6) is 0 Å². The van der Waals surface area contributed by atoms with E-state index in [2.05, 4.69) is 29.0 Å². The SMILES string of the molecule is CCN(CC)CCNC1(C(=O)OC)CCN(C2CC2)C1. The second-order valence-corrected chi connectivity index (χ2v) is 5.98. The number of nitrogens with zero attached hydrogens (tertiary/aromatic N) is 2. The Morgan fingerprint density at radius 1 is 1.40 bits per heavy atom. The number of hydrogen-bond donors (Lipinski definition) is 1. The summed E-state index contributed by atoms with van der Waals surface area (Å²) in [6, 6.07) is 0.714. The fourth-order valence-corrected chi connectivity index (χ4v) is 3.16. The maximum absolute atomic E-state index is 12.2. The number of ether oxygens (including phenoxy) is 1. The standard InChI is InChI=1S/C15H29N3O2/c1-4-17(5-2)11-9-16-15(14(19)20-3)8-10-18(12-15)13-6-7-13/h13,16H,4-12H2,1-3H3. The minimum absolute atomic E-state index is 0.0970. The van der Waals surface area contributed by atoms with Crippen LogP contribution in [-0.4, -0.2) is 73.7 Å². The summed E-state index contributed by atoms with van der Waals surface area (Å²) >= 11 is 0. The molecule has 5 nitrogen and oxygen atoms in total. The van der Waals surface area contributed by atoms with E-state index in [1.54, 1.807) is 0 Å². The average molecular weight is 283 g/mol. The van der Waals surface area contributed by atoms with Crippen molar-refractivity contribution in [1.82, 2.24) is 15.1 Å². The lowest BCUT2D eigenvalue weighted by atomic mass is 9.99. The number of nitrogens with one attached hydrogen (secondary N) is 1. The molecule has 5 heteroatoms. The van der Waals surface area contributed by atoms with Crippen molar-refractivity contribution in [2.75, 3.05) is 46.4 Å². The van der Waals surface area contributed by atoms with Gasteiger partial charge in [0.15, 0.2) is 0 Å². The van der Waals surface area contributed by atoms with Crippen LogP contribution in [0.15, 0.2) is 0 Å². The van der Waals surface area contributed by atoms with Gasteiger partial charge >= 0.3 is 5.97 Å². The Balaban J connectivity index is 1.89. The number of likely N-dealkylation sites (N-methyl/N-ethyl adjacent to an activating group) is 1. The second kappa shape index (κ2) is 6.87. The van der Waals surface area contributed by atoms with Gasteiger partial charge in [0.2, 0.25) is 0 Å². The first kappa shape index (κ1) is 15.7. The number of esters is 1. The summed E-state index contributed by atoms with van der Waals surface area (Å²) in [5.74, 6) is -0.0970. The highest BCUT2D eigenvalue weighted by atomic mass is 16.5. The Bertz CT molecular complexity index is 329. The van der Waals surface area contributed by atoms with Gasteiger partial charge in [0.25, 0.3) is 0 Å². The lowest BCUT2D eigenvalue weighted by Gasteiger charge is -2.29. The van der Waals surface area contributed by atoms with Gasteiger partial charge in [-0.25, -0.2) is 0 Å². The first-order chi connectivity index (χ1) is 9.65. The third-order valence-corrected chi connectivity index (χ3v) is 4.72. The monoisotopic (exact) mass is 283 g/mol. The molecule has 2 aliphatic rings. The maximum atomic E-state index is 12.2. The third kappa shape index (κ3) is 3.51. The van der Waals surface area contributed by atoms with Gasteiger partial charge in [-0.2, -0.15) is 0 Å². The summed E-state index contributed by atoms with van der Waals surface area (Å²) in [5.41, 5.74) is -0.482. The summed E-state index contributed by atoms with van der Waals surface area (Å²) in [6.45, 7) is 10.1. The van der Waals surface area contributed by atoms with Crippen LogP contribution in [-0.2, 0) is 9.53 Å². The molecule has 1 heterocycles. The minimum atomic E-state index is -0.482. The first-order valence-electron chi connectivity index (χ1n) is 7.95. The highest BCUT2D eigenvalue weighted by Gasteiger charge is 2.48. The fraction of sp³-hybridized carbons (Fsp3) is 0.933. The molecule has 2 rings (SSSR count). The highest BCUT2D eigenvalue weighted by molar-refractivity contribution is 5.81. The van der Waals surface area contributed by atoms with E-state index in [1.165, 1.54) is 20.0 Å². The lowest BCUT2D eigenvalue weighted by molar-refractivity contribution is -0.148. The summed E-state index contributed by atoms with van der Waals surface area (Å²) in [7, 11) is 1.50. The van der Waals surface area contributed by atoms with Gasteiger partial charge in [0.05, 0.1) is 7.11 Å². The van der Waals surface area contributed by atoms with E-state index in [0.717, 1.165) is 45.7 Å². The van der Waals surface area contributed by atoms with Crippen molar-refractivity contribution in [2.24, 2.45) is 0 Å². The number of likely N-dealkylation sites (tertiary alicyclic amines) is 1. The Morgan fingerprint density at radius 2 is 2.10 bits per heavy atom. The molecule has 1 saturated carbocycles. The van der Waals surface area contributed by atoms with Gasteiger partial charge in [0, 0.05) is 32.2 Å². The number of carbonyl (C=O) groups excluding carboxylic acids is 1. The molecule has 1 atom stereocenters. The van der Waals surface area contributed by atoms with Gasteiger partial charge < -0.3 is 9.64 Å². The first-order valence-corrected chi connectivity index (χ1v) is 7.95. The molecule has 0 radical (unpaired) electrons. The normalized spacial score (nSPS) is 27.2. The van der Waals surface area contributed by atoms with Gasteiger partial charge in [-0.3, -0.25) is 15.0 Å². The van der Waals surface area contributed by atoms with Gasteiger partial charge in [0.1, 0.15) is 5.54 Å². The Morgan fingerprint density at radius 3 is 2.65 bits per heavy atom. The summed E-state index contributed by atoms with van der Waals surface area (Å²) < 4.78 is 5.05. The van der Waals surface area contributed by atoms with Crippen molar-refractivity contribution in [2.45, 2.75) is 44.7 Å². The van der Waals surface area contributed by atoms with E-state index < -0.39 is 5.54 Å². The molecule has 1 saturated heterocycles. The van der Waals surface area contributed by atoms with Gasteiger partial charge in [-0.15, -0.1) is 0 Å². The van der Waals surface area contributed by atoms with Crippen LogP contribution >= 0.6 is 0 Å². The molecular formula is C15H29N3O2. The molecule has 0 aromatic heterocycles. The van der Waals surface area contributed by atoms with Crippen LogP contribution in [0.4, 0.5) is 0 Å². The molecule has 20 heavy (non-hydrogen) atoms. The highest BCUT2D eigenvalue weighted by Crippen LogP contribution is 2.33. The number of methoxy groups -OCH3 is 1. The predicted molar refractivity (Wildman–Crippen MR) is 79.7 cm³/mol. The molecule has 1 unspecified atom stereocenters. The molecule has 0 bridgehead atoms. The predicted octanol–water partition coefficient (Wildman–Crippen LogP) is 0.698. The van der Waals surface area contributed by atoms with Crippen LogP contribution in [0.3, 0.4) is 0 Å². The summed E-state index contributed by atoms with van der Waals surface area (Å²) in [4.78, 5) is 17.0. The van der Waals surface area contributed by atoms with E-state index in [9.17, 15) is 4.79 Å². The van der Waals surface area contributed by atoms with Crippen molar-refractivity contribution >= 4 is 5.97 Å². The maximum Gasteiger partial charge on any atom is 0.327 e. The third-order valence-electron chi connectivity index (χ3n) is 4.72. The number of rotatable bonds is 8. The van der Waals surface area contributed by atoms with Crippen molar-refractivity contribution in [1.29, 1.82) is 0 Å². The van der Waals surface area contributed by atoms with Crippen LogP contribution in [0, 0.1) is 0 Å². The molecule has 1 N–H and O–H groups in total. The quantitative estimate of drug-likeness (QED) is 0.664. The molecule has 0 aromatic carbocycles. The minimum Gasteiger partial charge on any atom is -0.468 e. The molecule has 116 valence electrons. The fourth-order valence-electron chi connectivity index (χ4n) is 3.16. The molecule has 0 aromatic rings. The smallest absolute Gasteiger partial charge is 0.327 e. The lowest BCUT2D eigenvalue weighted by Crippen LogP contribution is -2.56. The van der Waals surface area contributed by atoms with Crippen molar-refractivity contribution in [3.63, 3.8) is 0 Å². The van der Waals surface area contributed by atoms with Crippen molar-refractivity contribution in [3.8, 4) is 0 Å². The zero-order valence-electron chi connectivity index (χ0n) is 13.2. The molecular weight excluding hydrogens is 254 g/mol. The topological polar surface area (TPSA) is 44.8 Å². The Hall–Kier alpha value is -0.650. The number of carbonyl (C=O) groups is 1. The largest absolute Gasteiger partial charge is 0.468 e. The van der Waals surface area contributed by atoms with Gasteiger partial charge in [-0.1, -0.05) is 13.8 Å². The van der Waals surface area contributed by atoms with Crippen LogP contribution in [0.1, 0.15) is 33.1 Å². The molecule has 1 aliphatic heterocycles. The summed E-state index contributed by atoms with van der Waals surface area (Å²) in [5, 5.41) is 3.50. The zero-order chi connectivity index (χ0) is 14.6. The van der Waals surface area contributed by atoms with Crippen LogP contribution in [0.2, 0.25) is 0 Å². The molecule has 1 aliphatic carbocycles. The zero-order valence-corrected chi connectivity index (χ0v) is 13.2. The van der Waals surface area contributed by atoms with Gasteiger partial charge in [-0.05, 0) is 32.4 Å². The Kier molecular flexibility index (Phi) is 5.41. The van der Waals surface area contributed by atoms with Crippen molar-refractivity contribution < 1.29 is 9.53 Å². The van der Waals surface area contributed by atoms with Crippen LogP contribution in [0.25, 0.3) is 0 Å². The van der Waals surface area contributed by atoms with E-state index in [0.29, 0.717) is 6.04 Å². The molecule has 2 fully saturated rings. The summed E-state index contributed by atoms with van der Waals surface area (Å²) in [6.07, 6.45) is 3.45. The van der Waals surface area contributed by atoms with E-state index in [-0.39, 0.29) is 5.97 Å². The Labute approximate surface area is 122 Å². The van der Waals surface area contributed by atoms with E-state index in [4.69, 9.17) is 4.74 Å². The molecule has 0 amide bonds.